The Morgan fingerprint density at radius 1 is 1.16 bits per heavy atom. The fraction of sp³-hybridized carbons (Fsp3) is 0.500. The van der Waals surface area contributed by atoms with E-state index in [1.54, 1.807) is 6.20 Å². The van der Waals surface area contributed by atoms with Crippen molar-refractivity contribution in [3.8, 4) is 5.75 Å². The number of nitrogens with one attached hydrogen (secondary N) is 1. The first-order valence-corrected chi connectivity index (χ1v) is 11.4. The number of nitrogens with zero attached hydrogens (tertiary/aromatic N) is 4. The van der Waals surface area contributed by atoms with Gasteiger partial charge in [-0.25, -0.2) is 0 Å². The number of rotatable bonds is 7. The van der Waals surface area contributed by atoms with Crippen LogP contribution in [0.25, 0.3) is 0 Å². The molecule has 2 saturated heterocycles. The molecule has 0 saturated carbocycles. The summed E-state index contributed by atoms with van der Waals surface area (Å²) in [5, 5.41) is 10.9. The Bertz CT molecular complexity index is 907. The van der Waals surface area contributed by atoms with Crippen molar-refractivity contribution in [3.63, 3.8) is 0 Å². The summed E-state index contributed by atoms with van der Waals surface area (Å²) in [6.45, 7) is 6.81. The lowest BCUT2D eigenvalue weighted by Crippen LogP contribution is -2.52. The SMILES string of the molecule is CC[C@H](C)C(=O)N1CCC(Oc2ccc(NC(=O)C3CN(c4cccnn4)C3)cc2)CC1. The van der Waals surface area contributed by atoms with Crippen LogP contribution in [0.3, 0.4) is 0 Å². The average molecular weight is 438 g/mol. The molecular weight excluding hydrogens is 406 g/mol. The Morgan fingerprint density at radius 3 is 2.50 bits per heavy atom. The number of hydrogen-bond acceptors (Lipinski definition) is 6. The zero-order valence-corrected chi connectivity index (χ0v) is 18.7. The fourth-order valence-corrected chi connectivity index (χ4v) is 4.03. The van der Waals surface area contributed by atoms with Gasteiger partial charge < -0.3 is 19.9 Å². The second-order valence-electron chi connectivity index (χ2n) is 8.65. The van der Waals surface area contributed by atoms with Crippen molar-refractivity contribution >= 4 is 23.3 Å². The van der Waals surface area contributed by atoms with Crippen LogP contribution in [0.1, 0.15) is 33.1 Å². The molecule has 0 spiro atoms. The van der Waals surface area contributed by atoms with Gasteiger partial charge in [0.15, 0.2) is 5.82 Å². The first-order valence-electron chi connectivity index (χ1n) is 11.4. The second kappa shape index (κ2) is 9.97. The largest absolute Gasteiger partial charge is 0.490 e. The summed E-state index contributed by atoms with van der Waals surface area (Å²) >= 11 is 0. The summed E-state index contributed by atoms with van der Waals surface area (Å²) in [4.78, 5) is 28.8. The van der Waals surface area contributed by atoms with Crippen molar-refractivity contribution in [1.29, 1.82) is 0 Å². The summed E-state index contributed by atoms with van der Waals surface area (Å²) in [7, 11) is 0. The van der Waals surface area contributed by atoms with Gasteiger partial charge >= 0.3 is 0 Å². The predicted molar refractivity (Wildman–Crippen MR) is 122 cm³/mol. The molecular formula is C24H31N5O3. The first kappa shape index (κ1) is 22.0. The first-order chi connectivity index (χ1) is 15.5. The molecule has 0 radical (unpaired) electrons. The van der Waals surface area contributed by atoms with Crippen LogP contribution < -0.4 is 15.0 Å². The second-order valence-corrected chi connectivity index (χ2v) is 8.65. The van der Waals surface area contributed by atoms with E-state index in [0.717, 1.165) is 49.6 Å². The molecule has 32 heavy (non-hydrogen) atoms. The van der Waals surface area contributed by atoms with Gasteiger partial charge in [0.1, 0.15) is 11.9 Å². The molecule has 2 aromatic rings. The maximum absolute atomic E-state index is 12.5. The predicted octanol–water partition coefficient (Wildman–Crippen LogP) is 2.97. The third-order valence-electron chi connectivity index (χ3n) is 6.35. The van der Waals surface area contributed by atoms with E-state index >= 15 is 0 Å². The van der Waals surface area contributed by atoms with Crippen LogP contribution in [-0.4, -0.2) is 59.2 Å². The van der Waals surface area contributed by atoms with Gasteiger partial charge in [-0.05, 0) is 42.8 Å². The summed E-state index contributed by atoms with van der Waals surface area (Å²) in [6, 6.07) is 11.3. The lowest BCUT2D eigenvalue weighted by atomic mass is 9.99. The lowest BCUT2D eigenvalue weighted by Gasteiger charge is -2.38. The lowest BCUT2D eigenvalue weighted by molar-refractivity contribution is -0.136. The van der Waals surface area contributed by atoms with Crippen LogP contribution in [0.5, 0.6) is 5.75 Å². The minimum absolute atomic E-state index is 0.0113. The van der Waals surface area contributed by atoms with E-state index in [9.17, 15) is 9.59 Å². The highest BCUT2D eigenvalue weighted by Crippen LogP contribution is 2.25. The molecule has 2 aliphatic rings. The van der Waals surface area contributed by atoms with Gasteiger partial charge in [-0.3, -0.25) is 9.59 Å². The molecule has 1 aromatic heterocycles. The van der Waals surface area contributed by atoms with E-state index in [0.29, 0.717) is 13.1 Å². The van der Waals surface area contributed by atoms with Crippen molar-refractivity contribution in [1.82, 2.24) is 15.1 Å². The van der Waals surface area contributed by atoms with Crippen LogP contribution in [0, 0.1) is 11.8 Å². The molecule has 2 amide bonds. The van der Waals surface area contributed by atoms with Crippen molar-refractivity contribution in [2.45, 2.75) is 39.2 Å². The zero-order valence-electron chi connectivity index (χ0n) is 18.7. The Kier molecular flexibility index (Phi) is 6.87. The van der Waals surface area contributed by atoms with Gasteiger partial charge in [-0.1, -0.05) is 13.8 Å². The van der Waals surface area contributed by atoms with Crippen LogP contribution in [0.15, 0.2) is 42.6 Å². The van der Waals surface area contributed by atoms with Crippen LogP contribution in [-0.2, 0) is 9.59 Å². The van der Waals surface area contributed by atoms with Crippen molar-refractivity contribution in [2.75, 3.05) is 36.4 Å². The number of carbonyl (C=O) groups is 2. The summed E-state index contributed by atoms with van der Waals surface area (Å²) in [5.74, 6) is 1.87. The van der Waals surface area contributed by atoms with E-state index in [2.05, 4.69) is 15.5 Å². The molecule has 0 aliphatic carbocycles. The van der Waals surface area contributed by atoms with Crippen molar-refractivity contribution in [2.24, 2.45) is 11.8 Å². The fourth-order valence-electron chi connectivity index (χ4n) is 4.03. The smallest absolute Gasteiger partial charge is 0.231 e. The molecule has 4 rings (SSSR count). The number of benzene rings is 1. The zero-order chi connectivity index (χ0) is 22.5. The van der Waals surface area contributed by atoms with Gasteiger partial charge in [-0.15, -0.1) is 5.10 Å². The molecule has 1 aromatic carbocycles. The Labute approximate surface area is 188 Å². The molecule has 1 atom stereocenters. The van der Waals surface area contributed by atoms with E-state index < -0.39 is 0 Å². The minimum Gasteiger partial charge on any atom is -0.490 e. The van der Waals surface area contributed by atoms with E-state index in [-0.39, 0.29) is 29.8 Å². The highest BCUT2D eigenvalue weighted by atomic mass is 16.5. The molecule has 2 fully saturated rings. The van der Waals surface area contributed by atoms with Crippen LogP contribution in [0.4, 0.5) is 11.5 Å². The van der Waals surface area contributed by atoms with Gasteiger partial charge in [0.25, 0.3) is 0 Å². The maximum Gasteiger partial charge on any atom is 0.231 e. The number of likely N-dealkylation sites (tertiary alicyclic amines) is 1. The van der Waals surface area contributed by atoms with Gasteiger partial charge in [0.2, 0.25) is 11.8 Å². The topological polar surface area (TPSA) is 87.7 Å². The molecule has 2 aliphatic heterocycles. The quantitative estimate of drug-likeness (QED) is 0.717. The van der Waals surface area contributed by atoms with Gasteiger partial charge in [0.05, 0.1) is 5.92 Å². The standard InChI is InChI=1S/C24H31N5O3/c1-3-17(2)24(31)28-13-10-21(11-14-28)32-20-8-6-19(7-9-20)26-23(30)18-15-29(16-18)22-5-4-12-25-27-22/h4-9,12,17-18,21H,3,10-11,13-16H2,1-2H3,(H,26,30)/t17-/m0/s1. The number of ether oxygens (including phenoxy) is 1. The van der Waals surface area contributed by atoms with E-state index in [4.69, 9.17) is 4.74 Å². The maximum atomic E-state index is 12.5. The monoisotopic (exact) mass is 437 g/mol. The highest BCUT2D eigenvalue weighted by Gasteiger charge is 2.33. The van der Waals surface area contributed by atoms with Crippen LogP contribution >= 0.6 is 0 Å². The number of amides is 2. The molecule has 1 N–H and O–H groups in total. The van der Waals surface area contributed by atoms with Crippen molar-refractivity contribution < 1.29 is 14.3 Å². The molecule has 0 unspecified atom stereocenters. The highest BCUT2D eigenvalue weighted by molar-refractivity contribution is 5.94. The third kappa shape index (κ3) is 5.18. The Morgan fingerprint density at radius 2 is 1.88 bits per heavy atom. The number of aromatic nitrogens is 2. The number of carbonyl (C=O) groups excluding carboxylic acids is 2. The number of hydrogen-bond donors (Lipinski definition) is 1. The normalized spacial score (nSPS) is 18.1. The number of anilines is 2. The molecule has 0 bridgehead atoms. The summed E-state index contributed by atoms with van der Waals surface area (Å²) < 4.78 is 6.10. The minimum atomic E-state index is -0.0590. The molecule has 170 valence electrons. The van der Waals surface area contributed by atoms with Gasteiger partial charge in [-0.2, -0.15) is 5.10 Å². The molecule has 8 heteroatoms. The van der Waals surface area contributed by atoms with Gasteiger partial charge in [0, 0.05) is 56.8 Å². The third-order valence-corrected chi connectivity index (χ3v) is 6.35. The Hall–Kier alpha value is -3.16. The van der Waals surface area contributed by atoms with Crippen LogP contribution in [0.2, 0.25) is 0 Å². The van der Waals surface area contributed by atoms with Crippen molar-refractivity contribution in [3.05, 3.63) is 42.6 Å². The van der Waals surface area contributed by atoms with E-state index in [1.807, 2.05) is 60.0 Å². The van der Waals surface area contributed by atoms with E-state index in [1.165, 1.54) is 0 Å². The number of piperidine rings is 1. The summed E-state index contributed by atoms with van der Waals surface area (Å²) in [6.07, 6.45) is 4.30. The Balaban J connectivity index is 1.20. The average Bonchev–Trinajstić information content (AvgIpc) is 2.79. The summed E-state index contributed by atoms with van der Waals surface area (Å²) in [5.41, 5.74) is 0.759. The molecule has 8 nitrogen and oxygen atoms in total. The molecule has 3 heterocycles.